The van der Waals surface area contributed by atoms with E-state index in [0.717, 1.165) is 13.0 Å². The summed E-state index contributed by atoms with van der Waals surface area (Å²) in [6.07, 6.45) is 5.26. The van der Waals surface area contributed by atoms with Crippen molar-refractivity contribution < 1.29 is 9.53 Å². The monoisotopic (exact) mass is 150 g/mol. The summed E-state index contributed by atoms with van der Waals surface area (Å²) in [4.78, 5) is 11.0. The lowest BCUT2D eigenvalue weighted by Gasteiger charge is -1.97. The van der Waals surface area contributed by atoms with Crippen LogP contribution in [0.4, 0.5) is 0 Å². The van der Waals surface area contributed by atoms with Gasteiger partial charge in [0, 0.05) is 6.42 Å². The summed E-state index contributed by atoms with van der Waals surface area (Å²) in [6, 6.07) is 0. The Morgan fingerprint density at radius 2 is 2.27 bits per heavy atom. The normalized spacial score (nSPS) is 23.8. The van der Waals surface area contributed by atoms with Gasteiger partial charge >= 0.3 is 0 Å². The molecule has 1 aliphatic heterocycles. The standard InChI is InChI=1S/C9H10O2/c10-9-5-7-1-3-11-4-2-8(7)6-9/h1,6H,2-5H2. The minimum atomic E-state index is 0.244. The topological polar surface area (TPSA) is 26.3 Å². The number of hydrogen-bond acceptors (Lipinski definition) is 2. The summed E-state index contributed by atoms with van der Waals surface area (Å²) in [5, 5.41) is 0. The number of carbonyl (C=O) groups is 1. The zero-order valence-electron chi connectivity index (χ0n) is 6.30. The van der Waals surface area contributed by atoms with E-state index < -0.39 is 0 Å². The molecule has 2 heteroatoms. The van der Waals surface area contributed by atoms with Gasteiger partial charge in [0.1, 0.15) is 0 Å². The van der Waals surface area contributed by atoms with Gasteiger partial charge in [-0.3, -0.25) is 4.79 Å². The highest BCUT2D eigenvalue weighted by molar-refractivity contribution is 5.97. The van der Waals surface area contributed by atoms with Crippen LogP contribution < -0.4 is 0 Å². The summed E-state index contributed by atoms with van der Waals surface area (Å²) in [7, 11) is 0. The molecule has 0 radical (unpaired) electrons. The van der Waals surface area contributed by atoms with Crippen molar-refractivity contribution in [3.05, 3.63) is 23.3 Å². The Morgan fingerprint density at radius 1 is 1.36 bits per heavy atom. The van der Waals surface area contributed by atoms with Crippen LogP contribution in [0.5, 0.6) is 0 Å². The van der Waals surface area contributed by atoms with Crippen LogP contribution in [0.15, 0.2) is 23.3 Å². The minimum Gasteiger partial charge on any atom is -0.377 e. The molecule has 0 saturated carbocycles. The van der Waals surface area contributed by atoms with Crippen LogP contribution in [0.3, 0.4) is 0 Å². The average Bonchev–Trinajstić information content (AvgIpc) is 2.17. The van der Waals surface area contributed by atoms with Gasteiger partial charge in [0.25, 0.3) is 0 Å². The molecule has 0 fully saturated rings. The highest BCUT2D eigenvalue weighted by atomic mass is 16.5. The van der Waals surface area contributed by atoms with E-state index in [4.69, 9.17) is 4.74 Å². The van der Waals surface area contributed by atoms with Crippen molar-refractivity contribution in [2.45, 2.75) is 12.8 Å². The summed E-state index contributed by atoms with van der Waals surface area (Å²) < 4.78 is 5.24. The molecule has 0 aromatic rings. The number of fused-ring (bicyclic) bond motifs is 1. The summed E-state index contributed by atoms with van der Waals surface area (Å²) in [6.45, 7) is 1.42. The lowest BCUT2D eigenvalue weighted by Crippen LogP contribution is -1.91. The number of ketones is 1. The molecule has 0 aromatic carbocycles. The first kappa shape index (κ1) is 6.80. The van der Waals surface area contributed by atoms with E-state index >= 15 is 0 Å². The molecule has 0 N–H and O–H groups in total. The molecule has 0 bridgehead atoms. The number of rotatable bonds is 0. The van der Waals surface area contributed by atoms with Gasteiger partial charge in [-0.05, 0) is 23.6 Å². The van der Waals surface area contributed by atoms with Crippen LogP contribution in [0.2, 0.25) is 0 Å². The summed E-state index contributed by atoms with van der Waals surface area (Å²) >= 11 is 0. The summed E-state index contributed by atoms with van der Waals surface area (Å²) in [5.41, 5.74) is 2.38. The van der Waals surface area contributed by atoms with Crippen molar-refractivity contribution >= 4 is 5.78 Å². The fourth-order valence-corrected chi connectivity index (χ4v) is 1.50. The van der Waals surface area contributed by atoms with E-state index in [1.54, 1.807) is 6.08 Å². The van der Waals surface area contributed by atoms with Crippen LogP contribution in [0, 0.1) is 0 Å². The van der Waals surface area contributed by atoms with Crippen molar-refractivity contribution in [2.75, 3.05) is 13.2 Å². The molecule has 0 atom stereocenters. The highest BCUT2D eigenvalue weighted by Gasteiger charge is 2.18. The first-order chi connectivity index (χ1) is 5.36. The fraction of sp³-hybridized carbons (Fsp3) is 0.444. The minimum absolute atomic E-state index is 0.244. The molecule has 58 valence electrons. The molecule has 0 amide bonds. The lowest BCUT2D eigenvalue weighted by molar-refractivity contribution is -0.113. The third-order valence-corrected chi connectivity index (χ3v) is 2.08. The van der Waals surface area contributed by atoms with Crippen LogP contribution in [-0.2, 0) is 9.53 Å². The van der Waals surface area contributed by atoms with Gasteiger partial charge in [-0.1, -0.05) is 6.08 Å². The molecule has 11 heavy (non-hydrogen) atoms. The first-order valence-electron chi connectivity index (χ1n) is 3.87. The van der Waals surface area contributed by atoms with E-state index in [0.29, 0.717) is 13.0 Å². The van der Waals surface area contributed by atoms with Gasteiger partial charge in [-0.15, -0.1) is 0 Å². The maximum Gasteiger partial charge on any atom is 0.160 e. The van der Waals surface area contributed by atoms with Crippen molar-refractivity contribution in [2.24, 2.45) is 0 Å². The van der Waals surface area contributed by atoms with E-state index in [-0.39, 0.29) is 5.78 Å². The quantitative estimate of drug-likeness (QED) is 0.519. The first-order valence-corrected chi connectivity index (χ1v) is 3.87. The molecular weight excluding hydrogens is 140 g/mol. The molecular formula is C9H10O2. The Bertz CT molecular complexity index is 248. The predicted octanol–water partition coefficient (Wildman–Crippen LogP) is 1.23. The van der Waals surface area contributed by atoms with Gasteiger partial charge in [-0.25, -0.2) is 0 Å². The van der Waals surface area contributed by atoms with Gasteiger partial charge in [0.15, 0.2) is 5.78 Å². The molecule has 2 rings (SSSR count). The number of allylic oxidation sites excluding steroid dienone is 2. The Labute approximate surface area is 65.5 Å². The second-order valence-corrected chi connectivity index (χ2v) is 2.87. The molecule has 2 aliphatic rings. The maximum atomic E-state index is 11.0. The Balaban J connectivity index is 2.28. The van der Waals surface area contributed by atoms with Crippen LogP contribution >= 0.6 is 0 Å². The molecule has 1 aliphatic carbocycles. The van der Waals surface area contributed by atoms with Crippen LogP contribution in [0.25, 0.3) is 0 Å². The van der Waals surface area contributed by atoms with Crippen molar-refractivity contribution in [3.8, 4) is 0 Å². The smallest absolute Gasteiger partial charge is 0.160 e. The van der Waals surface area contributed by atoms with E-state index in [1.165, 1.54) is 11.1 Å². The van der Waals surface area contributed by atoms with Gasteiger partial charge in [0.05, 0.1) is 13.2 Å². The number of carbonyl (C=O) groups excluding carboxylic acids is 1. The average molecular weight is 150 g/mol. The van der Waals surface area contributed by atoms with Crippen molar-refractivity contribution in [1.29, 1.82) is 0 Å². The van der Waals surface area contributed by atoms with Crippen LogP contribution in [-0.4, -0.2) is 19.0 Å². The largest absolute Gasteiger partial charge is 0.377 e. The fourth-order valence-electron chi connectivity index (χ4n) is 1.50. The van der Waals surface area contributed by atoms with E-state index in [2.05, 4.69) is 0 Å². The molecule has 2 nitrogen and oxygen atoms in total. The Kier molecular flexibility index (Phi) is 1.62. The molecule has 1 heterocycles. The molecule has 0 saturated heterocycles. The third-order valence-electron chi connectivity index (χ3n) is 2.08. The molecule has 0 unspecified atom stereocenters. The molecule has 0 aromatic heterocycles. The maximum absolute atomic E-state index is 11.0. The zero-order valence-corrected chi connectivity index (χ0v) is 6.30. The number of ether oxygens (including phenoxy) is 1. The van der Waals surface area contributed by atoms with Crippen molar-refractivity contribution in [3.63, 3.8) is 0 Å². The molecule has 0 spiro atoms. The van der Waals surface area contributed by atoms with Gasteiger partial charge in [0.2, 0.25) is 0 Å². The van der Waals surface area contributed by atoms with Gasteiger partial charge in [-0.2, -0.15) is 0 Å². The summed E-state index contributed by atoms with van der Waals surface area (Å²) in [5.74, 6) is 0.244. The Morgan fingerprint density at radius 3 is 3.18 bits per heavy atom. The predicted molar refractivity (Wildman–Crippen MR) is 41.2 cm³/mol. The Hall–Kier alpha value is -0.890. The van der Waals surface area contributed by atoms with Gasteiger partial charge < -0.3 is 4.74 Å². The number of hydrogen-bond donors (Lipinski definition) is 0. The van der Waals surface area contributed by atoms with Crippen LogP contribution in [0.1, 0.15) is 12.8 Å². The third kappa shape index (κ3) is 1.26. The second kappa shape index (κ2) is 2.62. The highest BCUT2D eigenvalue weighted by Crippen LogP contribution is 2.26. The van der Waals surface area contributed by atoms with E-state index in [9.17, 15) is 4.79 Å². The SMILES string of the molecule is O=C1C=C2CCOCC=C2C1. The second-order valence-electron chi connectivity index (χ2n) is 2.87. The zero-order chi connectivity index (χ0) is 7.68. The van der Waals surface area contributed by atoms with E-state index in [1.807, 2.05) is 6.08 Å². The van der Waals surface area contributed by atoms with Crippen molar-refractivity contribution in [1.82, 2.24) is 0 Å². The lowest BCUT2D eigenvalue weighted by atomic mass is 10.1.